The van der Waals surface area contributed by atoms with Gasteiger partial charge in [-0.2, -0.15) is 0 Å². The summed E-state index contributed by atoms with van der Waals surface area (Å²) in [5.74, 6) is -0.713. The molecule has 0 aliphatic carbocycles. The molecule has 0 saturated carbocycles. The van der Waals surface area contributed by atoms with Gasteiger partial charge in [-0.15, -0.1) is 0 Å². The molecule has 0 spiro atoms. The molecule has 1 heterocycles. The van der Waals surface area contributed by atoms with E-state index in [1.165, 1.54) is 0 Å². The number of carboxylic acid groups (broad SMARTS) is 1. The molecule has 2 N–H and O–H groups in total. The Morgan fingerprint density at radius 3 is 2.68 bits per heavy atom. The molecule has 6 nitrogen and oxygen atoms in total. The molecular weight excluding hydrogens is 248 g/mol. The van der Waals surface area contributed by atoms with Gasteiger partial charge in [0.25, 0.3) is 5.91 Å². The molecule has 0 aromatic heterocycles. The molecule has 2 atom stereocenters. The number of nitrogens with zero attached hydrogens (tertiary/aromatic N) is 1. The van der Waals surface area contributed by atoms with Gasteiger partial charge in [-0.3, -0.25) is 9.59 Å². The van der Waals surface area contributed by atoms with Crippen LogP contribution in [-0.4, -0.2) is 35.3 Å². The monoisotopic (exact) mass is 270 g/mol. The molecule has 1 amide bonds. The number of oxime groups is 1. The van der Waals surface area contributed by atoms with Crippen LogP contribution in [-0.2, 0) is 14.4 Å². The van der Waals surface area contributed by atoms with Crippen molar-refractivity contribution >= 4 is 17.6 Å². The first-order chi connectivity index (χ1) is 8.88. The second kappa shape index (κ2) is 7.11. The van der Waals surface area contributed by atoms with Crippen molar-refractivity contribution in [1.82, 2.24) is 5.32 Å². The molecule has 0 fully saturated rings. The van der Waals surface area contributed by atoms with Crippen molar-refractivity contribution in [3.05, 3.63) is 0 Å². The van der Waals surface area contributed by atoms with Gasteiger partial charge < -0.3 is 15.3 Å². The normalized spacial score (nSPS) is 19.8. The summed E-state index contributed by atoms with van der Waals surface area (Å²) >= 11 is 0. The molecule has 1 aliphatic rings. The highest BCUT2D eigenvalue weighted by molar-refractivity contribution is 5.91. The van der Waals surface area contributed by atoms with Crippen LogP contribution in [0.25, 0.3) is 0 Å². The maximum atomic E-state index is 11.8. The molecule has 1 rings (SSSR count). The third-order valence-corrected chi connectivity index (χ3v) is 2.94. The highest BCUT2D eigenvalue weighted by Gasteiger charge is 2.26. The standard InChI is InChI=1S/C13H22N2O4/c1-8(2)4-10(6-12(16)17)7-14-13(18)11-5-9(3)15-19-11/h8,10-11H,4-7H2,1-3H3,(H,14,18)(H,16,17)/t10-,11?/m0/s1. The Morgan fingerprint density at radius 2 is 2.21 bits per heavy atom. The van der Waals surface area contributed by atoms with Crippen molar-refractivity contribution < 1.29 is 19.5 Å². The lowest BCUT2D eigenvalue weighted by Crippen LogP contribution is -2.38. The summed E-state index contributed by atoms with van der Waals surface area (Å²) in [7, 11) is 0. The Labute approximate surface area is 113 Å². The molecule has 1 aliphatic heterocycles. The van der Waals surface area contributed by atoms with Gasteiger partial charge in [0.15, 0.2) is 0 Å². The van der Waals surface area contributed by atoms with Gasteiger partial charge >= 0.3 is 5.97 Å². The number of rotatable bonds is 7. The molecule has 0 aromatic carbocycles. The highest BCUT2D eigenvalue weighted by Crippen LogP contribution is 2.15. The maximum Gasteiger partial charge on any atom is 0.303 e. The number of carboxylic acids is 1. The minimum atomic E-state index is -0.837. The van der Waals surface area contributed by atoms with Gasteiger partial charge in [-0.1, -0.05) is 19.0 Å². The molecule has 0 aromatic rings. The van der Waals surface area contributed by atoms with Crippen molar-refractivity contribution in [2.24, 2.45) is 17.0 Å². The Morgan fingerprint density at radius 1 is 1.53 bits per heavy atom. The van der Waals surface area contributed by atoms with E-state index < -0.39 is 12.1 Å². The lowest BCUT2D eigenvalue weighted by atomic mass is 9.94. The van der Waals surface area contributed by atoms with Gasteiger partial charge in [0.1, 0.15) is 0 Å². The fourth-order valence-electron chi connectivity index (χ4n) is 2.15. The highest BCUT2D eigenvalue weighted by atomic mass is 16.6. The van der Waals surface area contributed by atoms with Crippen LogP contribution in [0.5, 0.6) is 0 Å². The second-order valence-electron chi connectivity index (χ2n) is 5.46. The van der Waals surface area contributed by atoms with Crippen LogP contribution < -0.4 is 5.32 Å². The molecule has 1 unspecified atom stereocenters. The fourth-order valence-corrected chi connectivity index (χ4v) is 2.15. The number of amides is 1. The largest absolute Gasteiger partial charge is 0.481 e. The first-order valence-corrected chi connectivity index (χ1v) is 6.57. The Kier molecular flexibility index (Phi) is 5.79. The van der Waals surface area contributed by atoms with Gasteiger partial charge in [-0.25, -0.2) is 0 Å². The van der Waals surface area contributed by atoms with Crippen molar-refractivity contribution in [2.75, 3.05) is 6.54 Å². The van der Waals surface area contributed by atoms with Crippen molar-refractivity contribution in [2.45, 2.75) is 46.1 Å². The summed E-state index contributed by atoms with van der Waals surface area (Å²) in [6.45, 7) is 6.24. The van der Waals surface area contributed by atoms with Crippen LogP contribution in [0.1, 0.15) is 40.0 Å². The van der Waals surface area contributed by atoms with E-state index in [1.807, 2.05) is 13.8 Å². The zero-order valence-electron chi connectivity index (χ0n) is 11.7. The zero-order valence-corrected chi connectivity index (χ0v) is 11.7. The summed E-state index contributed by atoms with van der Waals surface area (Å²) in [4.78, 5) is 27.6. The molecule has 108 valence electrons. The lowest BCUT2D eigenvalue weighted by Gasteiger charge is -2.18. The van der Waals surface area contributed by atoms with Crippen molar-refractivity contribution in [3.8, 4) is 0 Å². The Hall–Kier alpha value is -1.59. The van der Waals surface area contributed by atoms with Gasteiger partial charge in [0, 0.05) is 19.4 Å². The number of carbonyl (C=O) groups excluding carboxylic acids is 1. The van der Waals surface area contributed by atoms with E-state index in [4.69, 9.17) is 9.94 Å². The molecule has 19 heavy (non-hydrogen) atoms. The van der Waals surface area contributed by atoms with E-state index in [0.717, 1.165) is 12.1 Å². The summed E-state index contributed by atoms with van der Waals surface area (Å²) in [6.07, 6.45) is 0.775. The first kappa shape index (κ1) is 15.5. The van der Waals surface area contributed by atoms with Crippen LogP contribution in [0.4, 0.5) is 0 Å². The summed E-state index contributed by atoms with van der Waals surface area (Å²) in [5.41, 5.74) is 0.796. The fraction of sp³-hybridized carbons (Fsp3) is 0.769. The molecule has 6 heteroatoms. The quantitative estimate of drug-likeness (QED) is 0.732. The minimum absolute atomic E-state index is 0.0510. The van der Waals surface area contributed by atoms with Gasteiger partial charge in [0.05, 0.1) is 5.71 Å². The van der Waals surface area contributed by atoms with Gasteiger partial charge in [-0.05, 0) is 25.2 Å². The van der Waals surface area contributed by atoms with E-state index in [9.17, 15) is 9.59 Å². The predicted molar refractivity (Wildman–Crippen MR) is 70.8 cm³/mol. The average molecular weight is 270 g/mol. The summed E-state index contributed by atoms with van der Waals surface area (Å²) < 4.78 is 0. The number of aliphatic carboxylic acids is 1. The van der Waals surface area contributed by atoms with Crippen LogP contribution in [0.2, 0.25) is 0 Å². The lowest BCUT2D eigenvalue weighted by molar-refractivity contribution is -0.139. The second-order valence-corrected chi connectivity index (χ2v) is 5.46. The van der Waals surface area contributed by atoms with Crippen molar-refractivity contribution in [1.29, 1.82) is 0 Å². The van der Waals surface area contributed by atoms with E-state index in [-0.39, 0.29) is 18.2 Å². The van der Waals surface area contributed by atoms with E-state index >= 15 is 0 Å². The van der Waals surface area contributed by atoms with Crippen LogP contribution in [0, 0.1) is 11.8 Å². The smallest absolute Gasteiger partial charge is 0.303 e. The molecular formula is C13H22N2O4. The third kappa shape index (κ3) is 5.72. The maximum absolute atomic E-state index is 11.8. The first-order valence-electron chi connectivity index (χ1n) is 6.57. The molecule has 0 saturated heterocycles. The Bertz CT molecular complexity index is 366. The number of hydrogen-bond donors (Lipinski definition) is 2. The SMILES string of the molecule is CC1=NOC(C(=O)NC[C@H](CC(=O)O)CC(C)C)C1. The predicted octanol–water partition coefficient (Wildman–Crippen LogP) is 1.40. The van der Waals surface area contributed by atoms with E-state index in [0.29, 0.717) is 18.9 Å². The summed E-state index contributed by atoms with van der Waals surface area (Å²) in [6, 6.07) is 0. The summed E-state index contributed by atoms with van der Waals surface area (Å²) in [5, 5.41) is 15.3. The van der Waals surface area contributed by atoms with Crippen LogP contribution >= 0.6 is 0 Å². The minimum Gasteiger partial charge on any atom is -0.481 e. The van der Waals surface area contributed by atoms with Crippen LogP contribution in [0.15, 0.2) is 5.16 Å². The van der Waals surface area contributed by atoms with Gasteiger partial charge in [0.2, 0.25) is 6.10 Å². The topological polar surface area (TPSA) is 88.0 Å². The average Bonchev–Trinajstić information content (AvgIpc) is 2.71. The number of nitrogens with one attached hydrogen (secondary N) is 1. The number of hydrogen-bond acceptors (Lipinski definition) is 4. The molecule has 0 bridgehead atoms. The van der Waals surface area contributed by atoms with Crippen LogP contribution in [0.3, 0.4) is 0 Å². The number of carbonyl (C=O) groups is 2. The van der Waals surface area contributed by atoms with E-state index in [2.05, 4.69) is 10.5 Å². The Balaban J connectivity index is 2.38. The van der Waals surface area contributed by atoms with E-state index in [1.54, 1.807) is 6.92 Å². The third-order valence-electron chi connectivity index (χ3n) is 2.94. The zero-order chi connectivity index (χ0) is 14.4. The molecule has 0 radical (unpaired) electrons. The van der Waals surface area contributed by atoms with Crippen molar-refractivity contribution in [3.63, 3.8) is 0 Å².